The van der Waals surface area contributed by atoms with E-state index in [2.05, 4.69) is 20.8 Å². The Morgan fingerprint density at radius 2 is 1.95 bits per heavy atom. The minimum atomic E-state index is 0.453. The molecule has 4 nitrogen and oxygen atoms in total. The van der Waals surface area contributed by atoms with Crippen LogP contribution < -0.4 is 10.7 Å². The minimum absolute atomic E-state index is 0.453. The van der Waals surface area contributed by atoms with Gasteiger partial charge in [-0.05, 0) is 37.3 Å². The Morgan fingerprint density at radius 3 is 2.63 bits per heavy atom. The van der Waals surface area contributed by atoms with E-state index in [1.165, 1.54) is 0 Å². The van der Waals surface area contributed by atoms with Crippen molar-refractivity contribution >= 4 is 28.7 Å². The molecule has 0 saturated carbocycles. The fourth-order valence-corrected chi connectivity index (χ4v) is 1.62. The van der Waals surface area contributed by atoms with E-state index in [0.717, 1.165) is 17.0 Å². The predicted octanol–water partition coefficient (Wildman–Crippen LogP) is 2.79. The van der Waals surface area contributed by atoms with Crippen LogP contribution in [0.15, 0.2) is 60.0 Å². The average Bonchev–Trinajstić information content (AvgIpc) is 2.47. The van der Waals surface area contributed by atoms with E-state index in [4.69, 9.17) is 12.2 Å². The summed E-state index contributed by atoms with van der Waals surface area (Å²) in [6, 6.07) is 13.5. The summed E-state index contributed by atoms with van der Waals surface area (Å²) in [6.07, 6.45) is 3.49. The van der Waals surface area contributed by atoms with Crippen molar-refractivity contribution in [1.29, 1.82) is 0 Å². The molecule has 96 valence electrons. The van der Waals surface area contributed by atoms with Crippen molar-refractivity contribution in [2.24, 2.45) is 5.10 Å². The lowest BCUT2D eigenvalue weighted by Gasteiger charge is -2.07. The van der Waals surface area contributed by atoms with Gasteiger partial charge in [0.05, 0.1) is 5.71 Å². The molecule has 0 atom stereocenters. The number of rotatable bonds is 3. The Bertz CT molecular complexity index is 567. The largest absolute Gasteiger partial charge is 0.331 e. The second-order valence-corrected chi connectivity index (χ2v) is 4.28. The van der Waals surface area contributed by atoms with Crippen molar-refractivity contribution in [3.05, 3.63) is 60.4 Å². The van der Waals surface area contributed by atoms with Gasteiger partial charge in [-0.15, -0.1) is 0 Å². The third-order valence-electron chi connectivity index (χ3n) is 2.44. The van der Waals surface area contributed by atoms with Crippen LogP contribution in [-0.4, -0.2) is 15.8 Å². The van der Waals surface area contributed by atoms with Gasteiger partial charge in [-0.25, -0.2) is 0 Å². The summed E-state index contributed by atoms with van der Waals surface area (Å²) in [5.74, 6) is 0. The highest BCUT2D eigenvalue weighted by Crippen LogP contribution is 2.04. The van der Waals surface area contributed by atoms with Crippen molar-refractivity contribution in [2.45, 2.75) is 6.92 Å². The smallest absolute Gasteiger partial charge is 0.191 e. The van der Waals surface area contributed by atoms with Crippen LogP contribution in [-0.2, 0) is 0 Å². The molecule has 0 unspecified atom stereocenters. The predicted molar refractivity (Wildman–Crippen MR) is 82.2 cm³/mol. The molecule has 1 aromatic heterocycles. The summed E-state index contributed by atoms with van der Waals surface area (Å²) in [4.78, 5) is 4.04. The lowest BCUT2D eigenvalue weighted by atomic mass is 10.2. The monoisotopic (exact) mass is 270 g/mol. The van der Waals surface area contributed by atoms with E-state index >= 15 is 0 Å². The van der Waals surface area contributed by atoms with Crippen LogP contribution in [0.5, 0.6) is 0 Å². The molecule has 0 amide bonds. The summed E-state index contributed by atoms with van der Waals surface area (Å²) in [7, 11) is 0. The molecule has 2 aromatic rings. The SMILES string of the molecule is C/C(=N/NC(=S)Nc1ccccc1)c1cccnc1. The molecule has 1 aromatic carbocycles. The minimum Gasteiger partial charge on any atom is -0.331 e. The van der Waals surface area contributed by atoms with Gasteiger partial charge in [0, 0.05) is 23.6 Å². The Kier molecular flexibility index (Phi) is 4.58. The van der Waals surface area contributed by atoms with Gasteiger partial charge in [0.1, 0.15) is 0 Å². The fourth-order valence-electron chi connectivity index (χ4n) is 1.46. The number of para-hydroxylation sites is 1. The van der Waals surface area contributed by atoms with E-state index < -0.39 is 0 Å². The third kappa shape index (κ3) is 4.15. The van der Waals surface area contributed by atoms with Gasteiger partial charge in [-0.2, -0.15) is 5.10 Å². The van der Waals surface area contributed by atoms with E-state index in [1.54, 1.807) is 12.4 Å². The molecular formula is C14H14N4S. The average molecular weight is 270 g/mol. The second-order valence-electron chi connectivity index (χ2n) is 3.87. The molecule has 0 aliphatic rings. The summed E-state index contributed by atoms with van der Waals surface area (Å²) < 4.78 is 0. The Labute approximate surface area is 117 Å². The highest BCUT2D eigenvalue weighted by molar-refractivity contribution is 7.80. The quantitative estimate of drug-likeness (QED) is 0.511. The van der Waals surface area contributed by atoms with Crippen LogP contribution in [0.3, 0.4) is 0 Å². The molecule has 2 rings (SSSR count). The van der Waals surface area contributed by atoms with Crippen LogP contribution in [0.25, 0.3) is 0 Å². The first kappa shape index (κ1) is 13.2. The van der Waals surface area contributed by atoms with Crippen molar-refractivity contribution in [3.8, 4) is 0 Å². The maximum atomic E-state index is 5.16. The highest BCUT2D eigenvalue weighted by Gasteiger charge is 1.98. The van der Waals surface area contributed by atoms with Crippen molar-refractivity contribution in [3.63, 3.8) is 0 Å². The number of nitrogens with one attached hydrogen (secondary N) is 2. The van der Waals surface area contributed by atoms with Crippen molar-refractivity contribution < 1.29 is 0 Å². The Balaban J connectivity index is 1.93. The third-order valence-corrected chi connectivity index (χ3v) is 2.63. The Hall–Kier alpha value is -2.27. The number of thiocarbonyl (C=S) groups is 1. The molecule has 0 radical (unpaired) electrons. The molecule has 0 fully saturated rings. The summed E-state index contributed by atoms with van der Waals surface area (Å²) in [5, 5.41) is 7.71. The summed E-state index contributed by atoms with van der Waals surface area (Å²) in [5.41, 5.74) is 5.52. The number of aromatic nitrogens is 1. The zero-order valence-corrected chi connectivity index (χ0v) is 11.3. The lowest BCUT2D eigenvalue weighted by Crippen LogP contribution is -2.24. The van der Waals surface area contributed by atoms with E-state index in [1.807, 2.05) is 49.4 Å². The van der Waals surface area contributed by atoms with E-state index in [-0.39, 0.29) is 0 Å². The standard InChI is InChI=1S/C14H14N4S/c1-11(12-6-5-9-15-10-12)17-18-14(19)16-13-7-3-2-4-8-13/h2-10H,1H3,(H2,16,18,19)/b17-11-. The molecule has 1 heterocycles. The number of anilines is 1. The molecule has 0 spiro atoms. The normalized spacial score (nSPS) is 10.9. The topological polar surface area (TPSA) is 49.3 Å². The molecule has 0 aliphatic heterocycles. The van der Waals surface area contributed by atoms with Gasteiger partial charge in [-0.3, -0.25) is 10.4 Å². The number of pyridine rings is 1. The zero-order valence-electron chi connectivity index (χ0n) is 10.5. The van der Waals surface area contributed by atoms with Crippen LogP contribution in [0, 0.1) is 0 Å². The van der Waals surface area contributed by atoms with Gasteiger partial charge in [0.2, 0.25) is 0 Å². The van der Waals surface area contributed by atoms with E-state index in [0.29, 0.717) is 5.11 Å². The second kappa shape index (κ2) is 6.61. The van der Waals surface area contributed by atoms with Crippen molar-refractivity contribution in [2.75, 3.05) is 5.32 Å². The maximum absolute atomic E-state index is 5.16. The molecular weight excluding hydrogens is 256 g/mol. The number of hydrogen-bond donors (Lipinski definition) is 2. The van der Waals surface area contributed by atoms with Crippen molar-refractivity contribution in [1.82, 2.24) is 10.4 Å². The van der Waals surface area contributed by atoms with Gasteiger partial charge in [0.15, 0.2) is 5.11 Å². The number of benzene rings is 1. The maximum Gasteiger partial charge on any atom is 0.191 e. The first-order chi connectivity index (χ1) is 9.25. The molecule has 5 heteroatoms. The zero-order chi connectivity index (χ0) is 13.5. The van der Waals surface area contributed by atoms with Gasteiger partial charge < -0.3 is 5.32 Å². The molecule has 0 saturated heterocycles. The molecule has 0 bridgehead atoms. The molecule has 2 N–H and O–H groups in total. The van der Waals surface area contributed by atoms with Gasteiger partial charge >= 0.3 is 0 Å². The van der Waals surface area contributed by atoms with Crippen LogP contribution in [0.4, 0.5) is 5.69 Å². The molecule has 19 heavy (non-hydrogen) atoms. The number of nitrogens with zero attached hydrogens (tertiary/aromatic N) is 2. The van der Waals surface area contributed by atoms with Crippen LogP contribution >= 0.6 is 12.2 Å². The van der Waals surface area contributed by atoms with Gasteiger partial charge in [-0.1, -0.05) is 24.3 Å². The van der Waals surface area contributed by atoms with Gasteiger partial charge in [0.25, 0.3) is 0 Å². The summed E-state index contributed by atoms with van der Waals surface area (Å²) in [6.45, 7) is 1.90. The fraction of sp³-hybridized carbons (Fsp3) is 0.0714. The number of hydrogen-bond acceptors (Lipinski definition) is 3. The highest BCUT2D eigenvalue weighted by atomic mass is 32.1. The summed E-state index contributed by atoms with van der Waals surface area (Å²) >= 11 is 5.16. The first-order valence-corrected chi connectivity index (χ1v) is 6.23. The lowest BCUT2D eigenvalue weighted by molar-refractivity contribution is 1.04. The van der Waals surface area contributed by atoms with Crippen LogP contribution in [0.2, 0.25) is 0 Å². The first-order valence-electron chi connectivity index (χ1n) is 5.82. The Morgan fingerprint density at radius 1 is 1.16 bits per heavy atom. The number of hydrazone groups is 1. The molecule has 0 aliphatic carbocycles. The van der Waals surface area contributed by atoms with E-state index in [9.17, 15) is 0 Å². The van der Waals surface area contributed by atoms with Crippen LogP contribution in [0.1, 0.15) is 12.5 Å².